The maximum atomic E-state index is 8.91. The molecule has 0 aliphatic rings. The molecule has 5 nitrogen and oxygen atoms in total. The number of aromatic nitrogens is 4. The molecule has 0 atom stereocenters. The second-order valence-electron chi connectivity index (χ2n) is 5.86. The molecule has 4 rings (SSSR count). The maximum Gasteiger partial charge on any atom is 0.203 e. The van der Waals surface area contributed by atoms with Crippen LogP contribution in [0.2, 0.25) is 0 Å². The van der Waals surface area contributed by atoms with E-state index in [1.165, 1.54) is 0 Å². The lowest BCUT2D eigenvalue weighted by atomic mass is 10.0. The standard InChI is InChI=1S/C21H15ClN4O/c22-13-17-18-20(16-10-4-6-14(12-16)7-5-11-27)24-26-21(18)25-23-19(17)15-8-2-1-3-9-15/h1-4,6,8-10,12,27H,11,13H2,(H,24,25,26). The Balaban J connectivity index is 1.93. The van der Waals surface area contributed by atoms with Gasteiger partial charge in [0, 0.05) is 22.3 Å². The molecule has 0 saturated heterocycles. The first-order valence-electron chi connectivity index (χ1n) is 8.37. The molecule has 0 spiro atoms. The molecule has 0 aliphatic heterocycles. The topological polar surface area (TPSA) is 74.7 Å². The summed E-state index contributed by atoms with van der Waals surface area (Å²) in [4.78, 5) is 0. The van der Waals surface area contributed by atoms with Gasteiger partial charge in [0.2, 0.25) is 5.65 Å². The number of fused-ring (bicyclic) bond motifs is 1. The van der Waals surface area contributed by atoms with Gasteiger partial charge in [0.05, 0.1) is 22.7 Å². The van der Waals surface area contributed by atoms with E-state index in [2.05, 4.69) is 32.2 Å². The highest BCUT2D eigenvalue weighted by molar-refractivity contribution is 6.19. The Morgan fingerprint density at radius 2 is 1.81 bits per heavy atom. The van der Waals surface area contributed by atoms with Crippen LogP contribution in [0.3, 0.4) is 0 Å². The summed E-state index contributed by atoms with van der Waals surface area (Å²) in [5, 5.41) is 25.7. The second-order valence-corrected chi connectivity index (χ2v) is 6.13. The summed E-state index contributed by atoms with van der Waals surface area (Å²) >= 11 is 6.32. The molecule has 0 radical (unpaired) electrons. The van der Waals surface area contributed by atoms with Gasteiger partial charge in [-0.1, -0.05) is 54.3 Å². The third kappa shape index (κ3) is 3.28. The van der Waals surface area contributed by atoms with Crippen molar-refractivity contribution in [2.24, 2.45) is 0 Å². The number of H-pyrrole nitrogens is 1. The van der Waals surface area contributed by atoms with Crippen LogP contribution >= 0.6 is 11.6 Å². The van der Waals surface area contributed by atoms with Crippen LogP contribution < -0.4 is 0 Å². The van der Waals surface area contributed by atoms with Crippen molar-refractivity contribution in [3.63, 3.8) is 0 Å². The number of halogens is 1. The Labute approximate surface area is 161 Å². The molecule has 6 heteroatoms. The van der Waals surface area contributed by atoms with Gasteiger partial charge < -0.3 is 5.11 Å². The molecule has 2 heterocycles. The molecular weight excluding hydrogens is 360 g/mol. The number of hydrogen-bond acceptors (Lipinski definition) is 4. The zero-order chi connectivity index (χ0) is 18.6. The van der Waals surface area contributed by atoms with Gasteiger partial charge in [-0.25, -0.2) is 0 Å². The summed E-state index contributed by atoms with van der Waals surface area (Å²) in [6.07, 6.45) is 0. The first kappa shape index (κ1) is 17.2. The summed E-state index contributed by atoms with van der Waals surface area (Å²) < 4.78 is 0. The molecule has 2 aromatic heterocycles. The van der Waals surface area contributed by atoms with Gasteiger partial charge in [-0.2, -0.15) is 5.10 Å². The molecule has 132 valence electrons. The average Bonchev–Trinajstić information content (AvgIpc) is 3.16. The lowest BCUT2D eigenvalue weighted by Crippen LogP contribution is -1.96. The number of rotatable bonds is 3. The van der Waals surface area contributed by atoms with Crippen molar-refractivity contribution in [3.8, 4) is 34.4 Å². The van der Waals surface area contributed by atoms with Crippen molar-refractivity contribution < 1.29 is 5.11 Å². The molecule has 0 amide bonds. The number of alkyl halides is 1. The van der Waals surface area contributed by atoms with Crippen molar-refractivity contribution in [2.45, 2.75) is 5.88 Å². The Kier molecular flexibility index (Phi) is 4.84. The minimum Gasteiger partial charge on any atom is -0.384 e. The molecule has 0 saturated carbocycles. The van der Waals surface area contributed by atoms with Crippen LogP contribution in [-0.2, 0) is 5.88 Å². The quantitative estimate of drug-likeness (QED) is 0.423. The smallest absolute Gasteiger partial charge is 0.203 e. The van der Waals surface area contributed by atoms with Gasteiger partial charge in [0.1, 0.15) is 6.61 Å². The van der Waals surface area contributed by atoms with Gasteiger partial charge in [-0.3, -0.25) is 5.10 Å². The Morgan fingerprint density at radius 1 is 1.00 bits per heavy atom. The molecule has 0 fully saturated rings. The third-order valence-corrected chi connectivity index (χ3v) is 4.49. The van der Waals surface area contributed by atoms with Crippen LogP contribution in [-0.4, -0.2) is 32.1 Å². The molecule has 0 aliphatic carbocycles. The summed E-state index contributed by atoms with van der Waals surface area (Å²) in [7, 11) is 0. The number of benzene rings is 2. The van der Waals surface area contributed by atoms with Crippen molar-refractivity contribution in [1.29, 1.82) is 0 Å². The van der Waals surface area contributed by atoms with Gasteiger partial charge >= 0.3 is 0 Å². The van der Waals surface area contributed by atoms with Crippen molar-refractivity contribution in [3.05, 3.63) is 65.7 Å². The zero-order valence-electron chi connectivity index (χ0n) is 14.3. The normalized spacial score (nSPS) is 10.6. The molecular formula is C21H15ClN4O. The molecule has 2 N–H and O–H groups in total. The largest absolute Gasteiger partial charge is 0.384 e. The van der Waals surface area contributed by atoms with Crippen LogP contribution in [0, 0.1) is 11.8 Å². The number of aliphatic hydroxyl groups is 1. The number of hydrogen-bond donors (Lipinski definition) is 2. The van der Waals surface area contributed by atoms with Crippen LogP contribution in [0.5, 0.6) is 0 Å². The SMILES string of the molecule is OCC#Cc1cccc(-c2[nH]nc3nnc(-c4ccccc4)c(CCl)c23)c1. The van der Waals surface area contributed by atoms with Gasteiger partial charge in [-0.15, -0.1) is 21.8 Å². The van der Waals surface area contributed by atoms with Crippen LogP contribution in [0.15, 0.2) is 54.6 Å². The summed E-state index contributed by atoms with van der Waals surface area (Å²) in [5.74, 6) is 5.87. The lowest BCUT2D eigenvalue weighted by molar-refractivity contribution is 0.350. The van der Waals surface area contributed by atoms with Gasteiger partial charge in [0.15, 0.2) is 0 Å². The van der Waals surface area contributed by atoms with E-state index in [9.17, 15) is 0 Å². The second kappa shape index (κ2) is 7.58. The van der Waals surface area contributed by atoms with Gasteiger partial charge in [0.25, 0.3) is 0 Å². The molecule has 2 aromatic carbocycles. The summed E-state index contributed by atoms with van der Waals surface area (Å²) in [6, 6.07) is 17.6. The van der Waals surface area contributed by atoms with Crippen molar-refractivity contribution >= 4 is 22.6 Å². The van der Waals surface area contributed by atoms with E-state index in [-0.39, 0.29) is 12.5 Å². The van der Waals surface area contributed by atoms with E-state index in [4.69, 9.17) is 16.7 Å². The number of nitrogens with one attached hydrogen (secondary N) is 1. The highest BCUT2D eigenvalue weighted by Gasteiger charge is 2.18. The van der Waals surface area contributed by atoms with Crippen molar-refractivity contribution in [1.82, 2.24) is 20.4 Å². The van der Waals surface area contributed by atoms with Crippen LogP contribution in [0.4, 0.5) is 0 Å². The summed E-state index contributed by atoms with van der Waals surface area (Å²) in [6.45, 7) is -0.177. The maximum absolute atomic E-state index is 8.91. The fourth-order valence-electron chi connectivity index (χ4n) is 3.03. The van der Waals surface area contributed by atoms with E-state index in [0.29, 0.717) is 5.65 Å². The van der Waals surface area contributed by atoms with E-state index in [1.54, 1.807) is 0 Å². The Morgan fingerprint density at radius 3 is 2.59 bits per heavy atom. The lowest BCUT2D eigenvalue weighted by Gasteiger charge is -2.08. The molecule has 0 bridgehead atoms. The minimum atomic E-state index is -0.177. The Hall–Kier alpha value is -3.20. The predicted octanol–water partition coefficient (Wildman–Crippen LogP) is 3.77. The van der Waals surface area contributed by atoms with Crippen LogP contribution in [0.1, 0.15) is 11.1 Å². The van der Waals surface area contributed by atoms with E-state index in [1.807, 2.05) is 54.6 Å². The molecule has 4 aromatic rings. The highest BCUT2D eigenvalue weighted by atomic mass is 35.5. The van der Waals surface area contributed by atoms with Crippen molar-refractivity contribution in [2.75, 3.05) is 6.61 Å². The minimum absolute atomic E-state index is 0.177. The van der Waals surface area contributed by atoms with E-state index in [0.717, 1.165) is 39.0 Å². The number of aliphatic hydroxyl groups excluding tert-OH is 1. The zero-order valence-corrected chi connectivity index (χ0v) is 15.0. The molecule has 0 unspecified atom stereocenters. The third-order valence-electron chi connectivity index (χ3n) is 4.22. The summed E-state index contributed by atoms with van der Waals surface area (Å²) in [5.41, 5.74) is 5.65. The van der Waals surface area contributed by atoms with E-state index >= 15 is 0 Å². The number of aromatic amines is 1. The fraction of sp³-hybridized carbons (Fsp3) is 0.0952. The predicted molar refractivity (Wildman–Crippen MR) is 106 cm³/mol. The monoisotopic (exact) mass is 374 g/mol. The first-order valence-corrected chi connectivity index (χ1v) is 8.90. The highest BCUT2D eigenvalue weighted by Crippen LogP contribution is 2.33. The Bertz CT molecular complexity index is 1160. The van der Waals surface area contributed by atoms with E-state index < -0.39 is 0 Å². The average molecular weight is 375 g/mol. The fourth-order valence-corrected chi connectivity index (χ4v) is 3.29. The first-order chi connectivity index (χ1) is 13.3. The molecule has 27 heavy (non-hydrogen) atoms. The van der Waals surface area contributed by atoms with Gasteiger partial charge in [-0.05, 0) is 12.1 Å². The van der Waals surface area contributed by atoms with Crippen LogP contribution in [0.25, 0.3) is 33.5 Å². The number of nitrogens with zero attached hydrogens (tertiary/aromatic N) is 3.